The zero-order valence-corrected chi connectivity index (χ0v) is 11.8. The summed E-state index contributed by atoms with van der Waals surface area (Å²) in [4.78, 5) is 0. The van der Waals surface area contributed by atoms with Crippen LogP contribution in [0.25, 0.3) is 0 Å². The van der Waals surface area contributed by atoms with Crippen LogP contribution in [0.2, 0.25) is 0 Å². The predicted molar refractivity (Wildman–Crippen MR) is 76.0 cm³/mol. The molecule has 0 aliphatic rings. The molecule has 3 N–H and O–H groups in total. The van der Waals surface area contributed by atoms with Crippen molar-refractivity contribution < 1.29 is 13.5 Å². The van der Waals surface area contributed by atoms with E-state index in [4.69, 9.17) is 5.11 Å². The van der Waals surface area contributed by atoms with Gasteiger partial charge in [-0.3, -0.25) is 4.72 Å². The third-order valence-electron chi connectivity index (χ3n) is 2.32. The molecule has 1 aromatic rings. The molecular weight excluding hydrogens is 264 g/mol. The molecule has 1 rings (SSSR count). The van der Waals surface area contributed by atoms with Crippen molar-refractivity contribution in [3.8, 4) is 11.8 Å². The van der Waals surface area contributed by atoms with E-state index < -0.39 is 10.2 Å². The fourth-order valence-electron chi connectivity index (χ4n) is 1.43. The molecule has 1 aromatic carbocycles. The van der Waals surface area contributed by atoms with Crippen LogP contribution in [0.15, 0.2) is 18.2 Å². The van der Waals surface area contributed by atoms with Crippen LogP contribution in [-0.4, -0.2) is 26.7 Å². The number of aliphatic hydroxyl groups excluding tert-OH is 1. The summed E-state index contributed by atoms with van der Waals surface area (Å²) in [5, 5.41) is 8.63. The normalized spacial score (nSPS) is 10.7. The molecule has 19 heavy (non-hydrogen) atoms. The van der Waals surface area contributed by atoms with E-state index in [1.807, 2.05) is 13.8 Å². The number of aryl methyl sites for hydroxylation is 1. The Morgan fingerprint density at radius 1 is 1.37 bits per heavy atom. The van der Waals surface area contributed by atoms with Gasteiger partial charge >= 0.3 is 0 Å². The Morgan fingerprint density at radius 3 is 2.68 bits per heavy atom. The maximum absolute atomic E-state index is 11.6. The van der Waals surface area contributed by atoms with E-state index in [0.717, 1.165) is 17.5 Å². The van der Waals surface area contributed by atoms with E-state index in [9.17, 15) is 8.42 Å². The van der Waals surface area contributed by atoms with Gasteiger partial charge in [-0.2, -0.15) is 13.1 Å². The van der Waals surface area contributed by atoms with Crippen molar-refractivity contribution in [1.29, 1.82) is 0 Å². The molecule has 0 saturated carbocycles. The van der Waals surface area contributed by atoms with Crippen LogP contribution >= 0.6 is 0 Å². The molecule has 0 unspecified atom stereocenters. The topological polar surface area (TPSA) is 78.4 Å². The van der Waals surface area contributed by atoms with Crippen molar-refractivity contribution in [3.63, 3.8) is 0 Å². The maximum Gasteiger partial charge on any atom is 0.299 e. The molecule has 0 aromatic heterocycles. The fourth-order valence-corrected chi connectivity index (χ4v) is 2.41. The molecule has 5 nitrogen and oxygen atoms in total. The molecular formula is C13H18N2O3S. The number of hydrogen-bond acceptors (Lipinski definition) is 3. The SMILES string of the molecule is CCCNS(=O)(=O)Nc1ccc(C#CCO)c(C)c1. The summed E-state index contributed by atoms with van der Waals surface area (Å²) < 4.78 is 28.2. The van der Waals surface area contributed by atoms with Gasteiger partial charge in [0.2, 0.25) is 0 Å². The lowest BCUT2D eigenvalue weighted by molar-refractivity contribution is 0.350. The van der Waals surface area contributed by atoms with Gasteiger partial charge in [-0.1, -0.05) is 18.8 Å². The summed E-state index contributed by atoms with van der Waals surface area (Å²) >= 11 is 0. The maximum atomic E-state index is 11.6. The standard InChI is InChI=1S/C13H18N2O3S/c1-3-8-14-19(17,18)15-13-7-6-12(5-4-9-16)11(2)10-13/h6-7,10,14-16H,3,8-9H2,1-2H3. The summed E-state index contributed by atoms with van der Waals surface area (Å²) in [6.45, 7) is 3.92. The van der Waals surface area contributed by atoms with Gasteiger partial charge in [0.1, 0.15) is 6.61 Å². The van der Waals surface area contributed by atoms with Gasteiger partial charge in [0.15, 0.2) is 0 Å². The van der Waals surface area contributed by atoms with Gasteiger partial charge < -0.3 is 5.11 Å². The highest BCUT2D eigenvalue weighted by Gasteiger charge is 2.08. The highest BCUT2D eigenvalue weighted by atomic mass is 32.2. The lowest BCUT2D eigenvalue weighted by Gasteiger charge is -2.09. The second kappa shape index (κ2) is 7.14. The Balaban J connectivity index is 2.84. The fraction of sp³-hybridized carbons (Fsp3) is 0.385. The molecule has 0 bridgehead atoms. The van der Waals surface area contributed by atoms with E-state index >= 15 is 0 Å². The Hall–Kier alpha value is -1.55. The van der Waals surface area contributed by atoms with Crippen molar-refractivity contribution in [2.75, 3.05) is 17.9 Å². The van der Waals surface area contributed by atoms with E-state index in [-0.39, 0.29) is 6.61 Å². The molecule has 6 heteroatoms. The van der Waals surface area contributed by atoms with Crippen LogP contribution < -0.4 is 9.44 Å². The van der Waals surface area contributed by atoms with Gasteiger partial charge in [0.05, 0.1) is 5.69 Å². The van der Waals surface area contributed by atoms with Crippen LogP contribution in [-0.2, 0) is 10.2 Å². The predicted octanol–water partition coefficient (Wildman–Crippen LogP) is 0.995. The van der Waals surface area contributed by atoms with Crippen LogP contribution in [0.3, 0.4) is 0 Å². The highest BCUT2D eigenvalue weighted by Crippen LogP contribution is 2.15. The molecule has 0 atom stereocenters. The van der Waals surface area contributed by atoms with Crippen molar-refractivity contribution in [1.82, 2.24) is 4.72 Å². The number of hydrogen-bond donors (Lipinski definition) is 3. The van der Waals surface area contributed by atoms with E-state index in [1.54, 1.807) is 18.2 Å². The van der Waals surface area contributed by atoms with Gasteiger partial charge in [0.25, 0.3) is 10.2 Å². The van der Waals surface area contributed by atoms with E-state index in [0.29, 0.717) is 12.2 Å². The number of nitrogens with one attached hydrogen (secondary N) is 2. The molecule has 0 fully saturated rings. The zero-order valence-electron chi connectivity index (χ0n) is 11.0. The second-order valence-corrected chi connectivity index (χ2v) is 5.49. The summed E-state index contributed by atoms with van der Waals surface area (Å²) in [5.41, 5.74) is 2.09. The summed E-state index contributed by atoms with van der Waals surface area (Å²) in [5.74, 6) is 5.35. The molecule has 0 aliphatic carbocycles. The number of rotatable bonds is 5. The Morgan fingerprint density at radius 2 is 2.11 bits per heavy atom. The minimum atomic E-state index is -3.52. The van der Waals surface area contributed by atoms with Gasteiger partial charge in [-0.15, -0.1) is 0 Å². The number of aliphatic hydroxyl groups is 1. The largest absolute Gasteiger partial charge is 0.384 e. The first-order valence-corrected chi connectivity index (χ1v) is 7.44. The highest BCUT2D eigenvalue weighted by molar-refractivity contribution is 7.90. The van der Waals surface area contributed by atoms with Crippen LogP contribution in [0, 0.1) is 18.8 Å². The van der Waals surface area contributed by atoms with Crippen LogP contribution in [0.1, 0.15) is 24.5 Å². The Labute approximate surface area is 114 Å². The third kappa shape index (κ3) is 5.30. The molecule has 0 aliphatic heterocycles. The number of anilines is 1. The molecule has 0 radical (unpaired) electrons. The first-order valence-electron chi connectivity index (χ1n) is 5.96. The van der Waals surface area contributed by atoms with Gasteiger partial charge in [-0.25, -0.2) is 0 Å². The summed E-state index contributed by atoms with van der Waals surface area (Å²) in [6.07, 6.45) is 0.732. The molecule has 104 valence electrons. The lowest BCUT2D eigenvalue weighted by atomic mass is 10.1. The van der Waals surface area contributed by atoms with Crippen molar-refractivity contribution >= 4 is 15.9 Å². The number of benzene rings is 1. The Kier molecular flexibility index (Phi) is 5.83. The quantitative estimate of drug-likeness (QED) is 0.705. The third-order valence-corrected chi connectivity index (χ3v) is 3.41. The second-order valence-electron chi connectivity index (χ2n) is 3.99. The van der Waals surface area contributed by atoms with E-state index in [2.05, 4.69) is 21.3 Å². The lowest BCUT2D eigenvalue weighted by Crippen LogP contribution is -2.30. The van der Waals surface area contributed by atoms with Crippen LogP contribution in [0.4, 0.5) is 5.69 Å². The zero-order chi connectivity index (χ0) is 14.3. The first-order chi connectivity index (χ1) is 8.98. The molecule has 0 heterocycles. The molecule has 0 spiro atoms. The minimum Gasteiger partial charge on any atom is -0.384 e. The van der Waals surface area contributed by atoms with Crippen LogP contribution in [0.5, 0.6) is 0 Å². The minimum absolute atomic E-state index is 0.200. The summed E-state index contributed by atoms with van der Waals surface area (Å²) in [7, 11) is -3.52. The van der Waals surface area contributed by atoms with E-state index in [1.165, 1.54) is 0 Å². The van der Waals surface area contributed by atoms with Crippen molar-refractivity contribution in [2.45, 2.75) is 20.3 Å². The van der Waals surface area contributed by atoms with Crippen molar-refractivity contribution in [2.24, 2.45) is 0 Å². The molecule has 0 saturated heterocycles. The monoisotopic (exact) mass is 282 g/mol. The average molecular weight is 282 g/mol. The average Bonchev–Trinajstić information content (AvgIpc) is 2.35. The molecule has 0 amide bonds. The smallest absolute Gasteiger partial charge is 0.299 e. The Bertz CT molecular complexity index is 586. The van der Waals surface area contributed by atoms with Crippen molar-refractivity contribution in [3.05, 3.63) is 29.3 Å². The van der Waals surface area contributed by atoms with Gasteiger partial charge in [0, 0.05) is 12.1 Å². The van der Waals surface area contributed by atoms with Gasteiger partial charge in [-0.05, 0) is 37.1 Å². The summed E-state index contributed by atoms with van der Waals surface area (Å²) in [6, 6.07) is 5.06. The first kappa shape index (κ1) is 15.5.